The number of nitrogens with zero attached hydrogens (tertiary/aromatic N) is 3. The fourth-order valence-corrected chi connectivity index (χ4v) is 3.09. The van der Waals surface area contributed by atoms with Crippen molar-refractivity contribution in [3.05, 3.63) is 72.4 Å². The van der Waals surface area contributed by atoms with Gasteiger partial charge >= 0.3 is 0 Å². The number of hydrogen-bond acceptors (Lipinski definition) is 3. The molecule has 118 valence electrons. The molecule has 0 saturated heterocycles. The van der Waals surface area contributed by atoms with Gasteiger partial charge in [-0.3, -0.25) is 5.43 Å². The standard InChI is InChI=1S/C20H18N4/c1-2-24-18-8-4-3-7-16(18)17-13-15(10-11-19(17)24)14-22-23-20-9-5-6-12-21-20/h3-14H,2H2,1H3,(H,21,23)/b22-14-. The van der Waals surface area contributed by atoms with Crippen molar-refractivity contribution < 1.29 is 0 Å². The van der Waals surface area contributed by atoms with Crippen LogP contribution in [0.4, 0.5) is 5.82 Å². The summed E-state index contributed by atoms with van der Waals surface area (Å²) >= 11 is 0. The largest absolute Gasteiger partial charge is 0.341 e. The first-order chi connectivity index (χ1) is 11.9. The summed E-state index contributed by atoms with van der Waals surface area (Å²) < 4.78 is 2.34. The fraction of sp³-hybridized carbons (Fsp3) is 0.100. The molecular weight excluding hydrogens is 296 g/mol. The van der Waals surface area contributed by atoms with E-state index in [1.165, 1.54) is 21.8 Å². The molecule has 4 nitrogen and oxygen atoms in total. The second-order valence-electron chi connectivity index (χ2n) is 5.62. The number of hydrazone groups is 1. The van der Waals surface area contributed by atoms with Gasteiger partial charge in [0.1, 0.15) is 5.82 Å². The summed E-state index contributed by atoms with van der Waals surface area (Å²) in [6.07, 6.45) is 3.57. The molecule has 0 amide bonds. The van der Waals surface area contributed by atoms with Crippen LogP contribution in [0.3, 0.4) is 0 Å². The Labute approximate surface area is 140 Å². The van der Waals surface area contributed by atoms with Crippen LogP contribution in [-0.4, -0.2) is 15.8 Å². The molecule has 0 spiro atoms. The number of fused-ring (bicyclic) bond motifs is 3. The van der Waals surface area contributed by atoms with E-state index < -0.39 is 0 Å². The summed E-state index contributed by atoms with van der Waals surface area (Å²) in [5, 5.41) is 6.82. The van der Waals surface area contributed by atoms with E-state index in [0.29, 0.717) is 0 Å². The lowest BCUT2D eigenvalue weighted by atomic mass is 10.1. The van der Waals surface area contributed by atoms with Gasteiger partial charge in [0.05, 0.1) is 6.21 Å². The van der Waals surface area contributed by atoms with E-state index in [9.17, 15) is 0 Å². The van der Waals surface area contributed by atoms with Gasteiger partial charge in [0, 0.05) is 34.5 Å². The molecule has 0 saturated carbocycles. The van der Waals surface area contributed by atoms with Crippen LogP contribution in [0.2, 0.25) is 0 Å². The molecule has 2 aromatic carbocycles. The van der Waals surface area contributed by atoms with Crippen LogP contribution >= 0.6 is 0 Å². The van der Waals surface area contributed by atoms with Gasteiger partial charge in [-0.2, -0.15) is 5.10 Å². The lowest BCUT2D eigenvalue weighted by molar-refractivity contribution is 0.827. The summed E-state index contributed by atoms with van der Waals surface area (Å²) in [7, 11) is 0. The Morgan fingerprint density at radius 1 is 1.00 bits per heavy atom. The number of hydrogen-bond donors (Lipinski definition) is 1. The number of rotatable bonds is 4. The van der Waals surface area contributed by atoms with Gasteiger partial charge in [-0.15, -0.1) is 0 Å². The summed E-state index contributed by atoms with van der Waals surface area (Å²) in [6, 6.07) is 20.7. The summed E-state index contributed by atoms with van der Waals surface area (Å²) in [6.45, 7) is 3.14. The number of aromatic nitrogens is 2. The molecule has 2 aromatic heterocycles. The molecule has 4 aromatic rings. The zero-order valence-electron chi connectivity index (χ0n) is 13.5. The monoisotopic (exact) mass is 314 g/mol. The molecule has 24 heavy (non-hydrogen) atoms. The highest BCUT2D eigenvalue weighted by atomic mass is 15.3. The third-order valence-corrected chi connectivity index (χ3v) is 4.17. The molecule has 0 bridgehead atoms. The van der Waals surface area contributed by atoms with Crippen LogP contribution in [-0.2, 0) is 6.54 Å². The SMILES string of the molecule is CCn1c2ccccc2c2cc(/C=N\Nc3ccccn3)ccc21. The lowest BCUT2D eigenvalue weighted by Crippen LogP contribution is -1.94. The number of aryl methyl sites for hydroxylation is 1. The molecular formula is C20H18N4. The highest BCUT2D eigenvalue weighted by molar-refractivity contribution is 6.09. The Balaban J connectivity index is 1.72. The molecule has 2 heterocycles. The fourth-order valence-electron chi connectivity index (χ4n) is 3.09. The van der Waals surface area contributed by atoms with E-state index in [4.69, 9.17) is 0 Å². The maximum Gasteiger partial charge on any atom is 0.146 e. The van der Waals surface area contributed by atoms with Gasteiger partial charge in [0.2, 0.25) is 0 Å². The van der Waals surface area contributed by atoms with E-state index in [-0.39, 0.29) is 0 Å². The van der Waals surface area contributed by atoms with E-state index >= 15 is 0 Å². The van der Waals surface area contributed by atoms with Crippen LogP contribution in [0.25, 0.3) is 21.8 Å². The third-order valence-electron chi connectivity index (χ3n) is 4.17. The highest BCUT2D eigenvalue weighted by Crippen LogP contribution is 2.29. The van der Waals surface area contributed by atoms with Crippen molar-refractivity contribution in [3.8, 4) is 0 Å². The Morgan fingerprint density at radius 2 is 1.83 bits per heavy atom. The normalized spacial score (nSPS) is 11.5. The second-order valence-corrected chi connectivity index (χ2v) is 5.62. The number of anilines is 1. The van der Waals surface area contributed by atoms with Crippen molar-refractivity contribution in [2.45, 2.75) is 13.5 Å². The predicted molar refractivity (Wildman–Crippen MR) is 101 cm³/mol. The van der Waals surface area contributed by atoms with Crippen LogP contribution in [0.1, 0.15) is 12.5 Å². The van der Waals surface area contributed by atoms with Gasteiger partial charge in [-0.05, 0) is 42.8 Å². The van der Waals surface area contributed by atoms with E-state index in [1.54, 1.807) is 6.20 Å². The quantitative estimate of drug-likeness (QED) is 0.440. The second kappa shape index (κ2) is 6.16. The number of para-hydroxylation sites is 1. The first-order valence-electron chi connectivity index (χ1n) is 8.08. The predicted octanol–water partition coefficient (Wildman–Crippen LogP) is 4.66. The molecule has 0 aliphatic carbocycles. The van der Waals surface area contributed by atoms with E-state index in [0.717, 1.165) is 17.9 Å². The van der Waals surface area contributed by atoms with Crippen LogP contribution in [0.5, 0.6) is 0 Å². The average molecular weight is 314 g/mol. The van der Waals surface area contributed by atoms with Gasteiger partial charge in [-0.1, -0.05) is 30.3 Å². The van der Waals surface area contributed by atoms with Crippen LogP contribution in [0.15, 0.2) is 72.0 Å². The van der Waals surface area contributed by atoms with Gasteiger partial charge in [0.15, 0.2) is 0 Å². The van der Waals surface area contributed by atoms with Gasteiger partial charge in [-0.25, -0.2) is 4.98 Å². The highest BCUT2D eigenvalue weighted by Gasteiger charge is 2.08. The maximum absolute atomic E-state index is 4.28. The minimum Gasteiger partial charge on any atom is -0.341 e. The van der Waals surface area contributed by atoms with Gasteiger partial charge in [0.25, 0.3) is 0 Å². The Bertz CT molecular complexity index is 1020. The number of pyridine rings is 1. The Hall–Kier alpha value is -3.14. The average Bonchev–Trinajstić information content (AvgIpc) is 2.96. The molecule has 0 aliphatic rings. The Kier molecular flexibility index (Phi) is 3.71. The van der Waals surface area contributed by atoms with E-state index in [2.05, 4.69) is 69.5 Å². The summed E-state index contributed by atoms with van der Waals surface area (Å²) in [5.41, 5.74) is 6.54. The molecule has 1 N–H and O–H groups in total. The molecule has 0 atom stereocenters. The zero-order chi connectivity index (χ0) is 16.4. The van der Waals surface area contributed by atoms with Crippen LogP contribution < -0.4 is 5.43 Å². The minimum atomic E-state index is 0.734. The van der Waals surface area contributed by atoms with Gasteiger partial charge < -0.3 is 4.57 Å². The molecule has 4 rings (SSSR count). The smallest absolute Gasteiger partial charge is 0.146 e. The number of benzene rings is 2. The summed E-state index contributed by atoms with van der Waals surface area (Å²) in [4.78, 5) is 4.19. The lowest BCUT2D eigenvalue weighted by Gasteiger charge is -2.02. The third kappa shape index (κ3) is 2.52. The molecule has 0 radical (unpaired) electrons. The molecule has 4 heteroatoms. The first-order valence-corrected chi connectivity index (χ1v) is 8.08. The maximum atomic E-state index is 4.28. The van der Waals surface area contributed by atoms with Crippen molar-refractivity contribution in [3.63, 3.8) is 0 Å². The molecule has 0 fully saturated rings. The topological polar surface area (TPSA) is 42.2 Å². The molecule has 0 aliphatic heterocycles. The first kappa shape index (κ1) is 14.5. The van der Waals surface area contributed by atoms with Crippen molar-refractivity contribution in [1.82, 2.24) is 9.55 Å². The number of nitrogens with one attached hydrogen (secondary N) is 1. The van der Waals surface area contributed by atoms with Crippen molar-refractivity contribution in [2.75, 3.05) is 5.43 Å². The van der Waals surface area contributed by atoms with Crippen molar-refractivity contribution in [2.24, 2.45) is 5.10 Å². The van der Waals surface area contributed by atoms with Crippen LogP contribution in [0, 0.1) is 0 Å². The van der Waals surface area contributed by atoms with Crippen molar-refractivity contribution >= 4 is 33.8 Å². The van der Waals surface area contributed by atoms with Crippen molar-refractivity contribution in [1.29, 1.82) is 0 Å². The zero-order valence-corrected chi connectivity index (χ0v) is 13.5. The molecule has 0 unspecified atom stereocenters. The summed E-state index contributed by atoms with van der Waals surface area (Å²) in [5.74, 6) is 0.734. The Morgan fingerprint density at radius 3 is 2.67 bits per heavy atom. The minimum absolute atomic E-state index is 0.734. The van der Waals surface area contributed by atoms with E-state index in [1.807, 2.05) is 24.4 Å².